The molecule has 0 aliphatic carbocycles. The molecule has 7 nitrogen and oxygen atoms in total. The quantitative estimate of drug-likeness (QED) is 0.175. The molecule has 4 aromatic rings. The molecule has 0 saturated carbocycles. The van der Waals surface area contributed by atoms with Gasteiger partial charge in [-0.1, -0.05) is 103 Å². The van der Waals surface area contributed by atoms with E-state index in [0.29, 0.717) is 22.7 Å². The molecule has 1 N–H and O–H groups in total. The molecular formula is C36H40ClN3O4S. The zero-order chi connectivity index (χ0) is 32.6. The van der Waals surface area contributed by atoms with Crippen molar-refractivity contribution in [1.82, 2.24) is 10.2 Å². The summed E-state index contributed by atoms with van der Waals surface area (Å²) in [5, 5.41) is 3.39. The maximum atomic E-state index is 14.6. The standard InChI is InChI=1S/C36H40ClN3O4S/c1-5-28(4)38-36(42)34(22-29-14-8-6-9-15-29)39(24-30-16-12-13-26(2)21-30)35(41)25-40(33-23-31(37)20-19-27(33)3)45(43,44)32-17-10-7-11-18-32/h6-21,23,28,34H,5,22,24-25H2,1-4H3,(H,38,42)/t28-,34-/m0/s1. The van der Waals surface area contributed by atoms with E-state index < -0.39 is 28.5 Å². The molecule has 236 valence electrons. The largest absolute Gasteiger partial charge is 0.352 e. The Hall–Kier alpha value is -4.14. The van der Waals surface area contributed by atoms with Crippen molar-refractivity contribution in [2.24, 2.45) is 0 Å². The van der Waals surface area contributed by atoms with E-state index in [1.54, 1.807) is 43.3 Å². The van der Waals surface area contributed by atoms with Crippen molar-refractivity contribution in [3.63, 3.8) is 0 Å². The minimum Gasteiger partial charge on any atom is -0.352 e. The molecule has 0 aliphatic heterocycles. The van der Waals surface area contributed by atoms with Gasteiger partial charge in [-0.15, -0.1) is 0 Å². The lowest BCUT2D eigenvalue weighted by Crippen LogP contribution is -2.54. The van der Waals surface area contributed by atoms with E-state index in [4.69, 9.17) is 11.6 Å². The van der Waals surface area contributed by atoms with Gasteiger partial charge in [0.2, 0.25) is 11.8 Å². The second-order valence-electron chi connectivity index (χ2n) is 11.3. The van der Waals surface area contributed by atoms with E-state index in [1.165, 1.54) is 17.0 Å². The lowest BCUT2D eigenvalue weighted by Gasteiger charge is -2.34. The molecule has 0 aliphatic rings. The van der Waals surface area contributed by atoms with Gasteiger partial charge in [-0.05, 0) is 68.1 Å². The Labute approximate surface area is 271 Å². The van der Waals surface area contributed by atoms with Crippen LogP contribution in [0.2, 0.25) is 5.02 Å². The average molecular weight is 646 g/mol. The molecule has 0 aromatic heterocycles. The zero-order valence-electron chi connectivity index (χ0n) is 26.1. The van der Waals surface area contributed by atoms with Crippen LogP contribution in [-0.2, 0) is 32.6 Å². The van der Waals surface area contributed by atoms with Crippen molar-refractivity contribution in [3.8, 4) is 0 Å². The van der Waals surface area contributed by atoms with Crippen LogP contribution in [0.25, 0.3) is 0 Å². The highest BCUT2D eigenvalue weighted by Gasteiger charge is 2.35. The Bertz CT molecular complexity index is 1720. The summed E-state index contributed by atoms with van der Waals surface area (Å²) in [6.45, 7) is 7.20. The third-order valence-corrected chi connectivity index (χ3v) is 9.77. The number of carbonyl (C=O) groups excluding carboxylic acids is 2. The smallest absolute Gasteiger partial charge is 0.264 e. The van der Waals surface area contributed by atoms with Gasteiger partial charge in [0.1, 0.15) is 12.6 Å². The summed E-state index contributed by atoms with van der Waals surface area (Å²) < 4.78 is 29.4. The van der Waals surface area contributed by atoms with Gasteiger partial charge in [0.05, 0.1) is 10.6 Å². The molecule has 0 unspecified atom stereocenters. The Balaban J connectivity index is 1.83. The molecule has 2 amide bonds. The second kappa shape index (κ2) is 15.2. The van der Waals surface area contributed by atoms with Gasteiger partial charge in [0.25, 0.3) is 10.0 Å². The summed E-state index contributed by atoms with van der Waals surface area (Å²) in [6.07, 6.45) is 0.967. The first kappa shape index (κ1) is 33.7. The number of aryl methyl sites for hydroxylation is 2. The molecule has 0 fully saturated rings. The monoisotopic (exact) mass is 645 g/mol. The number of sulfonamides is 1. The van der Waals surface area contributed by atoms with Gasteiger partial charge in [-0.3, -0.25) is 13.9 Å². The number of benzene rings is 4. The van der Waals surface area contributed by atoms with Gasteiger partial charge >= 0.3 is 0 Å². The van der Waals surface area contributed by atoms with Crippen molar-refractivity contribution in [2.75, 3.05) is 10.8 Å². The lowest BCUT2D eigenvalue weighted by molar-refractivity contribution is -0.140. The van der Waals surface area contributed by atoms with E-state index in [1.807, 2.05) is 75.4 Å². The van der Waals surface area contributed by atoms with Crippen LogP contribution in [0.1, 0.15) is 42.5 Å². The highest BCUT2D eigenvalue weighted by Crippen LogP contribution is 2.30. The molecular weight excluding hydrogens is 606 g/mol. The maximum Gasteiger partial charge on any atom is 0.264 e. The summed E-state index contributed by atoms with van der Waals surface area (Å²) in [5.74, 6) is -0.818. The lowest BCUT2D eigenvalue weighted by atomic mass is 10.0. The van der Waals surface area contributed by atoms with Crippen LogP contribution >= 0.6 is 11.6 Å². The minimum absolute atomic E-state index is 0.0396. The van der Waals surface area contributed by atoms with Gasteiger partial charge in [0.15, 0.2) is 0 Å². The summed E-state index contributed by atoms with van der Waals surface area (Å²) in [5.41, 5.74) is 3.63. The van der Waals surface area contributed by atoms with Gasteiger partial charge in [-0.25, -0.2) is 8.42 Å². The molecule has 2 atom stereocenters. The average Bonchev–Trinajstić information content (AvgIpc) is 3.03. The molecule has 0 spiro atoms. The third kappa shape index (κ3) is 8.74. The summed E-state index contributed by atoms with van der Waals surface area (Å²) >= 11 is 6.35. The molecule has 4 aromatic carbocycles. The second-order valence-corrected chi connectivity index (χ2v) is 13.6. The molecule has 0 bridgehead atoms. The Morgan fingerprint density at radius 2 is 1.49 bits per heavy atom. The van der Waals surface area contributed by atoms with Crippen molar-refractivity contribution in [3.05, 3.63) is 130 Å². The van der Waals surface area contributed by atoms with Crippen molar-refractivity contribution >= 4 is 39.1 Å². The molecule has 9 heteroatoms. The minimum atomic E-state index is -4.20. The number of hydrogen-bond donors (Lipinski definition) is 1. The van der Waals surface area contributed by atoms with Crippen LogP contribution in [0.3, 0.4) is 0 Å². The first-order valence-electron chi connectivity index (χ1n) is 15.0. The van der Waals surface area contributed by atoms with Gasteiger partial charge < -0.3 is 10.2 Å². The predicted molar refractivity (Wildman–Crippen MR) is 181 cm³/mol. The van der Waals surface area contributed by atoms with Crippen LogP contribution in [0.4, 0.5) is 5.69 Å². The highest BCUT2D eigenvalue weighted by molar-refractivity contribution is 7.92. The van der Waals surface area contributed by atoms with E-state index >= 15 is 0 Å². The Morgan fingerprint density at radius 3 is 2.13 bits per heavy atom. The van der Waals surface area contributed by atoms with Crippen molar-refractivity contribution < 1.29 is 18.0 Å². The fourth-order valence-electron chi connectivity index (χ4n) is 5.09. The van der Waals surface area contributed by atoms with E-state index in [0.717, 1.165) is 21.0 Å². The molecule has 0 saturated heterocycles. The summed E-state index contributed by atoms with van der Waals surface area (Å²) in [7, 11) is -4.20. The van der Waals surface area contributed by atoms with Gasteiger partial charge in [-0.2, -0.15) is 0 Å². The Morgan fingerprint density at radius 1 is 0.844 bits per heavy atom. The number of carbonyl (C=O) groups is 2. The molecule has 45 heavy (non-hydrogen) atoms. The van der Waals surface area contributed by atoms with Gasteiger partial charge in [0, 0.05) is 24.0 Å². The first-order valence-corrected chi connectivity index (χ1v) is 16.8. The summed E-state index contributed by atoms with van der Waals surface area (Å²) in [6, 6.07) is 29.2. The fourth-order valence-corrected chi connectivity index (χ4v) is 6.74. The first-order chi connectivity index (χ1) is 21.5. The number of rotatable bonds is 13. The summed E-state index contributed by atoms with van der Waals surface area (Å²) in [4.78, 5) is 30.1. The van der Waals surface area contributed by atoms with Crippen molar-refractivity contribution in [1.29, 1.82) is 0 Å². The number of anilines is 1. The maximum absolute atomic E-state index is 14.6. The van der Waals surface area contributed by atoms with Crippen LogP contribution in [0, 0.1) is 13.8 Å². The third-order valence-electron chi connectivity index (χ3n) is 7.76. The number of nitrogens with zero attached hydrogens (tertiary/aromatic N) is 2. The molecule has 0 heterocycles. The SMILES string of the molecule is CC[C@H](C)NC(=O)[C@H](Cc1ccccc1)N(Cc1cccc(C)c1)C(=O)CN(c1cc(Cl)ccc1C)S(=O)(=O)c1ccccc1. The van der Waals surface area contributed by atoms with Crippen molar-refractivity contribution in [2.45, 2.75) is 64.1 Å². The predicted octanol–water partition coefficient (Wildman–Crippen LogP) is 6.71. The number of hydrogen-bond acceptors (Lipinski definition) is 4. The molecule has 0 radical (unpaired) electrons. The van der Waals surface area contributed by atoms with Crippen LogP contribution in [0.15, 0.2) is 108 Å². The molecule has 4 rings (SSSR count). The van der Waals surface area contributed by atoms with E-state index in [-0.39, 0.29) is 29.8 Å². The zero-order valence-corrected chi connectivity index (χ0v) is 27.7. The normalized spacial score (nSPS) is 12.6. The number of halogens is 1. The fraction of sp³-hybridized carbons (Fsp3) is 0.278. The Kier molecular flexibility index (Phi) is 11.4. The highest BCUT2D eigenvalue weighted by atomic mass is 35.5. The topological polar surface area (TPSA) is 86.8 Å². The number of amides is 2. The number of nitrogens with one attached hydrogen (secondary N) is 1. The van der Waals surface area contributed by atoms with Crippen LogP contribution < -0.4 is 9.62 Å². The van der Waals surface area contributed by atoms with Crippen LogP contribution in [0.5, 0.6) is 0 Å². The van der Waals surface area contributed by atoms with Crippen LogP contribution in [-0.4, -0.2) is 43.8 Å². The van der Waals surface area contributed by atoms with E-state index in [9.17, 15) is 18.0 Å². The van der Waals surface area contributed by atoms with E-state index in [2.05, 4.69) is 5.32 Å².